The molecular weight excluding hydrogens is 212 g/mol. The molecule has 0 atom stereocenters. The van der Waals surface area contributed by atoms with Gasteiger partial charge in [-0.05, 0) is 18.2 Å². The van der Waals surface area contributed by atoms with Gasteiger partial charge >= 0.3 is 0 Å². The van der Waals surface area contributed by atoms with Crippen molar-refractivity contribution in [1.29, 1.82) is 0 Å². The topological polar surface area (TPSA) is 64.7 Å². The predicted octanol–water partition coefficient (Wildman–Crippen LogP) is 1.77. The van der Waals surface area contributed by atoms with E-state index in [1.165, 1.54) is 0 Å². The fraction of sp³-hybridized carbons (Fsp3) is 0.308. The van der Waals surface area contributed by atoms with E-state index in [0.29, 0.717) is 6.54 Å². The van der Waals surface area contributed by atoms with Crippen molar-refractivity contribution < 1.29 is 0 Å². The highest BCUT2D eigenvalue weighted by atomic mass is 14.9. The molecule has 0 fully saturated rings. The van der Waals surface area contributed by atoms with Crippen LogP contribution in [0.4, 0.5) is 0 Å². The van der Waals surface area contributed by atoms with E-state index in [2.05, 4.69) is 15.0 Å². The zero-order valence-corrected chi connectivity index (χ0v) is 10.1. The van der Waals surface area contributed by atoms with Crippen molar-refractivity contribution in [2.75, 3.05) is 6.54 Å². The summed E-state index contributed by atoms with van der Waals surface area (Å²) in [6, 6.07) is 5.76. The maximum atomic E-state index is 5.74. The van der Waals surface area contributed by atoms with Gasteiger partial charge in [0.15, 0.2) is 0 Å². The average molecular weight is 228 g/mol. The zero-order chi connectivity index (χ0) is 12.3. The molecule has 88 valence electrons. The van der Waals surface area contributed by atoms with Crippen LogP contribution in [0.15, 0.2) is 36.8 Å². The quantitative estimate of drug-likeness (QED) is 0.869. The van der Waals surface area contributed by atoms with Crippen molar-refractivity contribution in [3.05, 3.63) is 42.6 Å². The van der Waals surface area contributed by atoms with Crippen LogP contribution in [0.5, 0.6) is 0 Å². The van der Waals surface area contributed by atoms with Crippen LogP contribution >= 0.6 is 0 Å². The summed E-state index contributed by atoms with van der Waals surface area (Å²) in [6.07, 6.45) is 5.28. The molecule has 17 heavy (non-hydrogen) atoms. The Labute approximate surface area is 101 Å². The van der Waals surface area contributed by atoms with Crippen molar-refractivity contribution in [2.45, 2.75) is 19.3 Å². The Morgan fingerprint density at radius 1 is 1.12 bits per heavy atom. The fourth-order valence-corrected chi connectivity index (χ4v) is 1.46. The molecule has 2 rings (SSSR count). The van der Waals surface area contributed by atoms with Crippen LogP contribution in [-0.2, 0) is 5.41 Å². The second-order valence-electron chi connectivity index (χ2n) is 4.59. The summed E-state index contributed by atoms with van der Waals surface area (Å²) in [6.45, 7) is 4.60. The highest BCUT2D eigenvalue weighted by Gasteiger charge is 2.22. The van der Waals surface area contributed by atoms with Gasteiger partial charge in [0, 0.05) is 36.1 Å². The van der Waals surface area contributed by atoms with Gasteiger partial charge in [-0.2, -0.15) is 0 Å². The van der Waals surface area contributed by atoms with E-state index >= 15 is 0 Å². The first-order valence-corrected chi connectivity index (χ1v) is 5.57. The molecule has 4 heteroatoms. The Balaban J connectivity index is 2.42. The molecule has 2 aromatic heterocycles. The molecule has 0 saturated heterocycles. The number of aromatic nitrogens is 3. The van der Waals surface area contributed by atoms with E-state index in [-0.39, 0.29) is 5.41 Å². The molecule has 0 aliphatic heterocycles. The smallest absolute Gasteiger partial charge is 0.135 e. The molecule has 0 aliphatic carbocycles. The third kappa shape index (κ3) is 2.47. The highest BCUT2D eigenvalue weighted by Crippen LogP contribution is 2.21. The van der Waals surface area contributed by atoms with Crippen molar-refractivity contribution >= 4 is 0 Å². The molecule has 0 saturated carbocycles. The molecule has 2 aromatic rings. The average Bonchev–Trinajstić information content (AvgIpc) is 2.40. The van der Waals surface area contributed by atoms with Crippen molar-refractivity contribution in [2.24, 2.45) is 5.73 Å². The summed E-state index contributed by atoms with van der Waals surface area (Å²) < 4.78 is 0. The third-order valence-corrected chi connectivity index (χ3v) is 2.75. The summed E-state index contributed by atoms with van der Waals surface area (Å²) in [5.41, 5.74) is 7.47. The van der Waals surface area contributed by atoms with Gasteiger partial charge in [-0.1, -0.05) is 13.8 Å². The number of nitrogens with zero attached hydrogens (tertiary/aromatic N) is 3. The molecule has 2 N–H and O–H groups in total. The minimum atomic E-state index is -0.205. The lowest BCUT2D eigenvalue weighted by molar-refractivity contribution is 0.503. The highest BCUT2D eigenvalue weighted by molar-refractivity contribution is 5.57. The standard InChI is InChI=1S/C13H16N4/c1-13(2,9-14)12-16-8-5-11(17-12)10-3-6-15-7-4-10/h3-8H,9,14H2,1-2H3. The van der Waals surface area contributed by atoms with E-state index in [0.717, 1.165) is 17.1 Å². The minimum absolute atomic E-state index is 0.205. The number of pyridine rings is 1. The van der Waals surface area contributed by atoms with Crippen LogP contribution in [0.1, 0.15) is 19.7 Å². The molecule has 0 aromatic carbocycles. The summed E-state index contributed by atoms with van der Waals surface area (Å²) in [7, 11) is 0. The number of rotatable bonds is 3. The lowest BCUT2D eigenvalue weighted by atomic mass is 9.92. The second kappa shape index (κ2) is 4.59. The van der Waals surface area contributed by atoms with E-state index in [1.54, 1.807) is 18.6 Å². The van der Waals surface area contributed by atoms with Crippen LogP contribution in [0, 0.1) is 0 Å². The minimum Gasteiger partial charge on any atom is -0.329 e. The lowest BCUT2D eigenvalue weighted by Crippen LogP contribution is -2.30. The molecule has 0 unspecified atom stereocenters. The summed E-state index contributed by atoms with van der Waals surface area (Å²) in [4.78, 5) is 12.9. The number of hydrogen-bond donors (Lipinski definition) is 1. The monoisotopic (exact) mass is 228 g/mol. The Morgan fingerprint density at radius 3 is 2.47 bits per heavy atom. The van der Waals surface area contributed by atoms with Crippen LogP contribution < -0.4 is 5.73 Å². The zero-order valence-electron chi connectivity index (χ0n) is 10.1. The normalized spacial score (nSPS) is 11.5. The van der Waals surface area contributed by atoms with Gasteiger partial charge < -0.3 is 5.73 Å². The molecule has 0 radical (unpaired) electrons. The van der Waals surface area contributed by atoms with Gasteiger partial charge in [0.05, 0.1) is 5.69 Å². The molecular formula is C13H16N4. The maximum absolute atomic E-state index is 5.74. The first-order chi connectivity index (χ1) is 8.13. The Bertz CT molecular complexity index is 494. The van der Waals surface area contributed by atoms with E-state index in [1.807, 2.05) is 32.0 Å². The van der Waals surface area contributed by atoms with Gasteiger partial charge in [0.1, 0.15) is 5.82 Å². The Kier molecular flexibility index (Phi) is 3.15. The summed E-state index contributed by atoms with van der Waals surface area (Å²) in [5.74, 6) is 0.773. The van der Waals surface area contributed by atoms with Crippen molar-refractivity contribution in [3.63, 3.8) is 0 Å². The maximum Gasteiger partial charge on any atom is 0.135 e. The van der Waals surface area contributed by atoms with E-state index in [4.69, 9.17) is 5.73 Å². The van der Waals surface area contributed by atoms with Crippen LogP contribution in [-0.4, -0.2) is 21.5 Å². The molecule has 0 aliphatic rings. The molecule has 0 spiro atoms. The number of hydrogen-bond acceptors (Lipinski definition) is 4. The molecule has 2 heterocycles. The van der Waals surface area contributed by atoms with Gasteiger partial charge in [0.25, 0.3) is 0 Å². The van der Waals surface area contributed by atoms with E-state index in [9.17, 15) is 0 Å². The fourth-order valence-electron chi connectivity index (χ4n) is 1.46. The summed E-state index contributed by atoms with van der Waals surface area (Å²) in [5, 5.41) is 0. The van der Waals surface area contributed by atoms with Crippen LogP contribution in [0.3, 0.4) is 0 Å². The van der Waals surface area contributed by atoms with E-state index < -0.39 is 0 Å². The summed E-state index contributed by atoms with van der Waals surface area (Å²) >= 11 is 0. The van der Waals surface area contributed by atoms with Crippen molar-refractivity contribution in [1.82, 2.24) is 15.0 Å². The van der Waals surface area contributed by atoms with Crippen molar-refractivity contribution in [3.8, 4) is 11.3 Å². The molecule has 0 bridgehead atoms. The molecule has 4 nitrogen and oxygen atoms in total. The largest absolute Gasteiger partial charge is 0.329 e. The number of nitrogens with two attached hydrogens (primary N) is 1. The second-order valence-corrected chi connectivity index (χ2v) is 4.59. The predicted molar refractivity (Wildman–Crippen MR) is 67.3 cm³/mol. The SMILES string of the molecule is CC(C)(CN)c1nccc(-c2ccncc2)n1. The van der Waals surface area contributed by atoms with Crippen LogP contribution in [0.25, 0.3) is 11.3 Å². The Morgan fingerprint density at radius 2 is 1.82 bits per heavy atom. The van der Waals surface area contributed by atoms with Gasteiger partial charge in [0.2, 0.25) is 0 Å². The van der Waals surface area contributed by atoms with Gasteiger partial charge in [-0.15, -0.1) is 0 Å². The first-order valence-electron chi connectivity index (χ1n) is 5.57. The van der Waals surface area contributed by atoms with Crippen LogP contribution in [0.2, 0.25) is 0 Å². The first kappa shape index (κ1) is 11.7. The van der Waals surface area contributed by atoms with Gasteiger partial charge in [-0.25, -0.2) is 9.97 Å². The lowest BCUT2D eigenvalue weighted by Gasteiger charge is -2.20. The van der Waals surface area contributed by atoms with Gasteiger partial charge in [-0.3, -0.25) is 4.98 Å². The third-order valence-electron chi connectivity index (χ3n) is 2.75. The Hall–Kier alpha value is -1.81. The molecule has 0 amide bonds.